The molecule has 0 spiro atoms. The molecule has 4 rings (SSSR count). The third-order valence-corrected chi connectivity index (χ3v) is 5.79. The van der Waals surface area contributed by atoms with Crippen molar-refractivity contribution in [2.45, 2.75) is 6.54 Å². The number of Topliss-reactive ketones (excluding diaryl/α,β-unsaturated/α-hetero) is 1. The van der Waals surface area contributed by atoms with Crippen LogP contribution in [-0.4, -0.2) is 23.2 Å². The molecule has 0 aliphatic rings. The van der Waals surface area contributed by atoms with Crippen LogP contribution in [0.1, 0.15) is 26.3 Å². The monoisotopic (exact) mass is 473 g/mol. The lowest BCUT2D eigenvalue weighted by Crippen LogP contribution is -2.09. The van der Waals surface area contributed by atoms with E-state index in [1.165, 1.54) is 0 Å². The van der Waals surface area contributed by atoms with E-state index in [-0.39, 0.29) is 18.1 Å². The molecule has 0 saturated carbocycles. The van der Waals surface area contributed by atoms with Gasteiger partial charge < -0.3 is 9.30 Å². The highest BCUT2D eigenvalue weighted by Gasteiger charge is 2.12. The van der Waals surface area contributed by atoms with Gasteiger partial charge in [-0.2, -0.15) is 0 Å². The molecule has 154 valence electrons. The van der Waals surface area contributed by atoms with Crippen LogP contribution in [0.25, 0.3) is 17.0 Å². The Morgan fingerprint density at radius 3 is 2.42 bits per heavy atom. The third-order valence-electron chi connectivity index (χ3n) is 5.10. The van der Waals surface area contributed by atoms with Gasteiger partial charge in [0.25, 0.3) is 0 Å². The Kier molecular flexibility index (Phi) is 6.14. The lowest BCUT2D eigenvalue weighted by Gasteiger charge is -2.06. The van der Waals surface area contributed by atoms with Gasteiger partial charge in [0.05, 0.1) is 13.7 Å². The standard InChI is InChI=1S/C26H20BrNO3/c1-31-20-13-10-18(11-14-20)26(30)17-28-16-19(21-6-3-5-9-24(21)28)12-15-25(29)22-7-2-4-8-23(22)27/h2-16H,17H2,1H3/b15-12+. The Labute approximate surface area is 188 Å². The van der Waals surface area contributed by atoms with Gasteiger partial charge >= 0.3 is 0 Å². The number of carbonyl (C=O) groups is 2. The summed E-state index contributed by atoms with van der Waals surface area (Å²) in [5.41, 5.74) is 3.06. The molecule has 0 aliphatic heterocycles. The van der Waals surface area contributed by atoms with Crippen molar-refractivity contribution in [2.75, 3.05) is 7.11 Å². The molecule has 3 aromatic carbocycles. The van der Waals surface area contributed by atoms with E-state index in [9.17, 15) is 9.59 Å². The molecule has 31 heavy (non-hydrogen) atoms. The number of allylic oxidation sites excluding steroid dienone is 1. The van der Waals surface area contributed by atoms with E-state index >= 15 is 0 Å². The van der Waals surface area contributed by atoms with Gasteiger partial charge in [-0.05, 0) is 54.6 Å². The molecular formula is C26H20BrNO3. The maximum atomic E-state index is 12.8. The predicted molar refractivity (Wildman–Crippen MR) is 127 cm³/mol. The maximum Gasteiger partial charge on any atom is 0.186 e. The molecule has 0 saturated heterocycles. The van der Waals surface area contributed by atoms with Crippen molar-refractivity contribution < 1.29 is 14.3 Å². The average molecular weight is 474 g/mol. The van der Waals surface area contributed by atoms with Gasteiger partial charge in [-0.25, -0.2) is 0 Å². The summed E-state index contributed by atoms with van der Waals surface area (Å²) in [6, 6.07) is 22.3. The molecular weight excluding hydrogens is 454 g/mol. The predicted octanol–water partition coefficient (Wildman–Crippen LogP) is 6.19. The zero-order chi connectivity index (χ0) is 21.8. The molecule has 1 aromatic heterocycles. The number of carbonyl (C=O) groups excluding carboxylic acids is 2. The number of hydrogen-bond acceptors (Lipinski definition) is 3. The number of nitrogens with zero attached hydrogens (tertiary/aromatic N) is 1. The number of halogens is 1. The molecule has 0 N–H and O–H groups in total. The Hall–Kier alpha value is -3.44. The van der Waals surface area contributed by atoms with E-state index in [1.54, 1.807) is 49.6 Å². The number of benzene rings is 3. The van der Waals surface area contributed by atoms with Crippen molar-refractivity contribution in [3.63, 3.8) is 0 Å². The Morgan fingerprint density at radius 2 is 1.68 bits per heavy atom. The summed E-state index contributed by atoms with van der Waals surface area (Å²) in [6.45, 7) is 0.207. The summed E-state index contributed by atoms with van der Waals surface area (Å²) < 4.78 is 7.84. The Morgan fingerprint density at radius 1 is 0.968 bits per heavy atom. The third kappa shape index (κ3) is 4.52. The van der Waals surface area contributed by atoms with E-state index in [1.807, 2.05) is 53.2 Å². The van der Waals surface area contributed by atoms with E-state index < -0.39 is 0 Å². The van der Waals surface area contributed by atoms with Crippen LogP contribution >= 0.6 is 15.9 Å². The zero-order valence-corrected chi connectivity index (χ0v) is 18.5. The molecule has 4 nitrogen and oxygen atoms in total. The first-order valence-corrected chi connectivity index (χ1v) is 10.6. The first-order valence-electron chi connectivity index (χ1n) is 9.79. The number of methoxy groups -OCH3 is 1. The highest BCUT2D eigenvalue weighted by molar-refractivity contribution is 9.10. The van der Waals surface area contributed by atoms with E-state index in [0.717, 1.165) is 20.9 Å². The molecule has 0 fully saturated rings. The number of rotatable bonds is 7. The number of para-hydroxylation sites is 1. The highest BCUT2D eigenvalue weighted by Crippen LogP contribution is 2.24. The summed E-state index contributed by atoms with van der Waals surface area (Å²) >= 11 is 3.42. The Bertz CT molecular complexity index is 1290. The second-order valence-electron chi connectivity index (χ2n) is 7.06. The van der Waals surface area contributed by atoms with Crippen LogP contribution in [0.15, 0.2) is 89.5 Å². The lowest BCUT2D eigenvalue weighted by molar-refractivity contribution is 0.0972. The highest BCUT2D eigenvalue weighted by atomic mass is 79.9. The first kappa shape index (κ1) is 20.8. The largest absolute Gasteiger partial charge is 0.497 e. The van der Waals surface area contributed by atoms with Crippen LogP contribution in [0.2, 0.25) is 0 Å². The molecule has 5 heteroatoms. The topological polar surface area (TPSA) is 48.3 Å². The SMILES string of the molecule is COc1ccc(C(=O)Cn2cc(/C=C/C(=O)c3ccccc3Br)c3ccccc32)cc1. The van der Waals surface area contributed by atoms with Gasteiger partial charge in [0.1, 0.15) is 5.75 Å². The quantitative estimate of drug-likeness (QED) is 0.237. The summed E-state index contributed by atoms with van der Waals surface area (Å²) in [6.07, 6.45) is 5.28. The summed E-state index contributed by atoms with van der Waals surface area (Å²) in [5, 5.41) is 0.987. The second kappa shape index (κ2) is 9.14. The fraction of sp³-hybridized carbons (Fsp3) is 0.0769. The normalized spacial score (nSPS) is 11.2. The molecule has 1 heterocycles. The van der Waals surface area contributed by atoms with Gasteiger partial charge in [0, 0.05) is 38.3 Å². The van der Waals surface area contributed by atoms with Crippen LogP contribution in [0, 0.1) is 0 Å². The first-order chi connectivity index (χ1) is 15.1. The fourth-order valence-corrected chi connectivity index (χ4v) is 3.96. The number of aromatic nitrogens is 1. The van der Waals surface area contributed by atoms with Crippen molar-refractivity contribution >= 4 is 44.5 Å². The molecule has 0 bridgehead atoms. The minimum absolute atomic E-state index is 0.00299. The molecule has 0 unspecified atom stereocenters. The number of hydrogen-bond donors (Lipinski definition) is 0. The summed E-state index contributed by atoms with van der Waals surface area (Å²) in [5.74, 6) is 0.631. The van der Waals surface area contributed by atoms with Gasteiger partial charge in [0.2, 0.25) is 0 Å². The molecule has 0 radical (unpaired) electrons. The zero-order valence-electron chi connectivity index (χ0n) is 16.9. The molecule has 0 aliphatic carbocycles. The molecule has 0 atom stereocenters. The minimum Gasteiger partial charge on any atom is -0.497 e. The van der Waals surface area contributed by atoms with E-state index in [2.05, 4.69) is 15.9 Å². The van der Waals surface area contributed by atoms with Crippen molar-refractivity contribution in [2.24, 2.45) is 0 Å². The fourth-order valence-electron chi connectivity index (χ4n) is 3.48. The van der Waals surface area contributed by atoms with Crippen LogP contribution in [-0.2, 0) is 6.54 Å². The summed E-state index contributed by atoms with van der Waals surface area (Å²) in [7, 11) is 1.60. The average Bonchev–Trinajstić information content (AvgIpc) is 3.15. The summed E-state index contributed by atoms with van der Waals surface area (Å²) in [4.78, 5) is 25.4. The van der Waals surface area contributed by atoms with Gasteiger partial charge in [-0.15, -0.1) is 0 Å². The van der Waals surface area contributed by atoms with Gasteiger partial charge in [-0.1, -0.05) is 46.3 Å². The smallest absolute Gasteiger partial charge is 0.186 e. The van der Waals surface area contributed by atoms with Gasteiger partial charge in [0.15, 0.2) is 11.6 Å². The second-order valence-corrected chi connectivity index (χ2v) is 7.91. The van der Waals surface area contributed by atoms with Gasteiger partial charge in [-0.3, -0.25) is 9.59 Å². The molecule has 0 amide bonds. The van der Waals surface area contributed by atoms with Crippen LogP contribution in [0.4, 0.5) is 0 Å². The Balaban J connectivity index is 1.62. The van der Waals surface area contributed by atoms with E-state index in [4.69, 9.17) is 4.74 Å². The minimum atomic E-state index is -0.0846. The maximum absolute atomic E-state index is 12.8. The van der Waals surface area contributed by atoms with Crippen LogP contribution in [0.3, 0.4) is 0 Å². The van der Waals surface area contributed by atoms with Crippen LogP contribution < -0.4 is 4.74 Å². The van der Waals surface area contributed by atoms with Crippen molar-refractivity contribution in [3.8, 4) is 5.75 Å². The lowest BCUT2D eigenvalue weighted by atomic mass is 10.1. The van der Waals surface area contributed by atoms with Crippen molar-refractivity contribution in [1.82, 2.24) is 4.57 Å². The van der Waals surface area contributed by atoms with E-state index in [0.29, 0.717) is 16.9 Å². The van der Waals surface area contributed by atoms with Crippen LogP contribution in [0.5, 0.6) is 5.75 Å². The molecule has 4 aromatic rings. The number of ether oxygens (including phenoxy) is 1. The van der Waals surface area contributed by atoms with Crippen molar-refractivity contribution in [1.29, 1.82) is 0 Å². The van der Waals surface area contributed by atoms with Crippen molar-refractivity contribution in [3.05, 3.63) is 106 Å². The number of ketones is 2. The number of fused-ring (bicyclic) bond motifs is 1.